The molecule has 1 aliphatic rings. The fourth-order valence-electron chi connectivity index (χ4n) is 2.53. The van der Waals surface area contributed by atoms with Crippen LogP contribution in [0, 0.1) is 0 Å². The Morgan fingerprint density at radius 3 is 1.50 bits per heavy atom. The monoisotopic (exact) mass is 241 g/mol. The smallest absolute Gasteiger partial charge is 1.00 e. The van der Waals surface area contributed by atoms with E-state index in [1.165, 1.54) is 12.8 Å². The van der Waals surface area contributed by atoms with Crippen molar-refractivity contribution in [1.29, 1.82) is 0 Å². The minimum atomic E-state index is 0. The maximum absolute atomic E-state index is 3.67. The average Bonchev–Trinajstić information content (AvgIpc) is 1.49. The van der Waals surface area contributed by atoms with Gasteiger partial charge in [0.25, 0.3) is 0 Å². The van der Waals surface area contributed by atoms with Crippen molar-refractivity contribution in [2.24, 2.45) is 0 Å². The van der Waals surface area contributed by atoms with Crippen LogP contribution in [0.1, 0.15) is 40.5 Å². The van der Waals surface area contributed by atoms with E-state index in [2.05, 4.69) is 54.7 Å². The molecule has 0 aromatic carbocycles. The zero-order valence-corrected chi connectivity index (χ0v) is 12.9. The molecule has 0 unspecified atom stereocenters. The topological polar surface area (TPSA) is 12.0 Å². The molecule has 0 amide bonds. The van der Waals surface area contributed by atoms with E-state index >= 15 is 0 Å². The summed E-state index contributed by atoms with van der Waals surface area (Å²) in [7, 11) is 0. The van der Waals surface area contributed by atoms with Gasteiger partial charge in [-0.2, -0.15) is 0 Å². The Morgan fingerprint density at radius 1 is 1.00 bits per heavy atom. The number of hydrogen-bond donors (Lipinski definition) is 1. The van der Waals surface area contributed by atoms with Gasteiger partial charge in [-0.05, 0) is 0 Å². The maximum atomic E-state index is 3.67. The third-order valence-corrected chi connectivity index (χ3v) is 2.85. The standard InChI is InChI=1S/C9H18N.2ClH.Li.Mg/c1-8(2)6-5-7-9(3,4)10-8;;;;/h5,10H,6-7H2,1-4H3;2*1H;;/q;;;2*+1/p-2. The Bertz CT molecular complexity index is 149. The van der Waals surface area contributed by atoms with Crippen molar-refractivity contribution < 1.29 is 43.7 Å². The summed E-state index contributed by atoms with van der Waals surface area (Å²) in [5, 5.41) is 3.67. The second kappa shape index (κ2) is 7.27. The molecule has 1 rings (SSSR count). The quantitative estimate of drug-likeness (QED) is 0.416. The predicted octanol–water partition coefficient (Wildman–Crippen LogP) is -7.10. The van der Waals surface area contributed by atoms with Crippen LogP contribution in [0.5, 0.6) is 0 Å². The molecule has 0 radical (unpaired) electrons. The number of piperidine rings is 1. The summed E-state index contributed by atoms with van der Waals surface area (Å²) >= 11 is 2.15. The molecule has 5 heteroatoms. The van der Waals surface area contributed by atoms with E-state index in [4.69, 9.17) is 0 Å². The first-order chi connectivity index (χ1) is 4.81. The summed E-state index contributed by atoms with van der Waals surface area (Å²) in [4.78, 5) is 0. The zero-order chi connectivity index (χ0) is 8.70. The Labute approximate surface area is 125 Å². The van der Waals surface area contributed by atoms with Crippen LogP contribution >= 0.6 is 0 Å². The van der Waals surface area contributed by atoms with Crippen LogP contribution in [0.2, 0.25) is 4.05 Å². The molecule has 1 saturated heterocycles. The first-order valence-electron chi connectivity index (χ1n) is 4.43. The van der Waals surface area contributed by atoms with Crippen LogP contribution in [0.25, 0.3) is 0 Å². The van der Waals surface area contributed by atoms with Crippen molar-refractivity contribution in [3.05, 3.63) is 0 Å². The summed E-state index contributed by atoms with van der Waals surface area (Å²) in [6.07, 6.45) is 2.63. The molecule has 0 bridgehead atoms. The van der Waals surface area contributed by atoms with Crippen LogP contribution in [0.4, 0.5) is 0 Å². The van der Waals surface area contributed by atoms with Crippen LogP contribution in [0.15, 0.2) is 0 Å². The van der Waals surface area contributed by atoms with Gasteiger partial charge in [-0.3, -0.25) is 0 Å². The van der Waals surface area contributed by atoms with Crippen molar-refractivity contribution >= 4 is 21.7 Å². The van der Waals surface area contributed by atoms with Crippen LogP contribution < -0.4 is 49.0 Å². The normalized spacial score (nSPS) is 23.9. The largest absolute Gasteiger partial charge is 1.00 e. The Balaban J connectivity index is -0.000000403. The van der Waals surface area contributed by atoms with Crippen molar-refractivity contribution in [2.75, 3.05) is 0 Å². The Kier molecular flexibility index (Phi) is 11.0. The first kappa shape index (κ1) is 21.2. The SMILES string of the molecule is CC1(C)C[CH]([Mg+])CC(C)(C)N1.[Cl-].[Cl-].[Li+]. The van der Waals surface area contributed by atoms with Gasteiger partial charge >= 0.3 is 102 Å². The van der Waals surface area contributed by atoms with Gasteiger partial charge in [0.2, 0.25) is 0 Å². The van der Waals surface area contributed by atoms with Crippen molar-refractivity contribution in [3.8, 4) is 0 Å². The molecule has 1 nitrogen and oxygen atoms in total. The zero-order valence-electron chi connectivity index (χ0n) is 9.95. The molecule has 14 heavy (non-hydrogen) atoms. The third kappa shape index (κ3) is 7.22. The third-order valence-electron chi connectivity index (χ3n) is 2.27. The van der Waals surface area contributed by atoms with Gasteiger partial charge in [-0.1, -0.05) is 0 Å². The summed E-state index contributed by atoms with van der Waals surface area (Å²) < 4.78 is 0.890. The molecular formula is C9H18Cl2LiMgN. The molecule has 76 valence electrons. The van der Waals surface area contributed by atoms with E-state index < -0.39 is 0 Å². The van der Waals surface area contributed by atoms with Crippen molar-refractivity contribution in [1.82, 2.24) is 5.32 Å². The van der Waals surface area contributed by atoms with Gasteiger partial charge in [0, 0.05) is 0 Å². The maximum Gasteiger partial charge on any atom is 1.00 e. The van der Waals surface area contributed by atoms with Gasteiger partial charge in [0.1, 0.15) is 0 Å². The average molecular weight is 242 g/mol. The van der Waals surface area contributed by atoms with E-state index in [1.807, 2.05) is 0 Å². The second-order valence-corrected chi connectivity index (χ2v) is 6.32. The van der Waals surface area contributed by atoms with Crippen LogP contribution in [0.3, 0.4) is 0 Å². The molecule has 1 fully saturated rings. The molecule has 1 aliphatic heterocycles. The molecule has 1 heterocycles. The van der Waals surface area contributed by atoms with Crippen LogP contribution in [-0.4, -0.2) is 32.8 Å². The van der Waals surface area contributed by atoms with E-state index in [1.54, 1.807) is 0 Å². The summed E-state index contributed by atoms with van der Waals surface area (Å²) in [6.45, 7) is 9.20. The summed E-state index contributed by atoms with van der Waals surface area (Å²) in [5.74, 6) is 0. The molecule has 0 aromatic rings. The number of rotatable bonds is 0. The summed E-state index contributed by atoms with van der Waals surface area (Å²) in [5.41, 5.74) is 0.683. The number of hydrogen-bond acceptors (Lipinski definition) is 1. The summed E-state index contributed by atoms with van der Waals surface area (Å²) in [6, 6.07) is 0. The van der Waals surface area contributed by atoms with Gasteiger partial charge < -0.3 is 24.8 Å². The van der Waals surface area contributed by atoms with Gasteiger partial charge in [0.05, 0.1) is 0 Å². The molecule has 0 saturated carbocycles. The minimum absolute atomic E-state index is 0. The molecule has 0 spiro atoms. The molecule has 1 N–H and O–H groups in total. The van der Waals surface area contributed by atoms with E-state index in [0.717, 1.165) is 4.05 Å². The Morgan fingerprint density at radius 2 is 1.29 bits per heavy atom. The second-order valence-electron chi connectivity index (χ2n) is 5.17. The van der Waals surface area contributed by atoms with Crippen LogP contribution in [-0.2, 0) is 0 Å². The molecule has 0 aliphatic carbocycles. The number of nitrogens with one attached hydrogen (secondary N) is 1. The van der Waals surface area contributed by atoms with Crippen molar-refractivity contribution in [3.63, 3.8) is 0 Å². The van der Waals surface area contributed by atoms with Gasteiger partial charge in [-0.25, -0.2) is 0 Å². The van der Waals surface area contributed by atoms with Crippen molar-refractivity contribution in [2.45, 2.75) is 55.7 Å². The fraction of sp³-hybridized carbons (Fsp3) is 1.00. The predicted molar refractivity (Wildman–Crippen MR) is 50.0 cm³/mol. The first-order valence-corrected chi connectivity index (χ1v) is 5.25. The fourth-order valence-corrected chi connectivity index (χ4v) is 3.98. The van der Waals surface area contributed by atoms with Gasteiger partial charge in [0.15, 0.2) is 0 Å². The minimum Gasteiger partial charge on any atom is -1.00 e. The van der Waals surface area contributed by atoms with E-state index in [-0.39, 0.29) is 43.7 Å². The molecular weight excluding hydrogens is 224 g/mol. The van der Waals surface area contributed by atoms with Gasteiger partial charge in [-0.15, -0.1) is 0 Å². The Hall–Kier alpha value is 1.90. The van der Waals surface area contributed by atoms with E-state index in [9.17, 15) is 0 Å². The molecule has 0 aromatic heterocycles. The number of halogens is 2. The van der Waals surface area contributed by atoms with E-state index in [0.29, 0.717) is 11.1 Å². The molecule has 0 atom stereocenters.